The van der Waals surface area contributed by atoms with Gasteiger partial charge in [-0.3, -0.25) is 0 Å². The van der Waals surface area contributed by atoms with Gasteiger partial charge in [0.05, 0.1) is 0 Å². The molecule has 7 nitrogen and oxygen atoms in total. The summed E-state index contributed by atoms with van der Waals surface area (Å²) in [5.41, 5.74) is 5.80. The Balaban J connectivity index is 2.67. The van der Waals surface area contributed by atoms with E-state index in [1.807, 2.05) is 0 Å². The maximum atomic E-state index is 11.0. The van der Waals surface area contributed by atoms with E-state index >= 15 is 0 Å². The van der Waals surface area contributed by atoms with Crippen LogP contribution in [0.15, 0.2) is 4.40 Å². The fourth-order valence-corrected chi connectivity index (χ4v) is 1.86. The first-order chi connectivity index (χ1) is 5.98. The van der Waals surface area contributed by atoms with Crippen LogP contribution in [0.5, 0.6) is 0 Å². The second-order valence-electron chi connectivity index (χ2n) is 2.60. The van der Waals surface area contributed by atoms with E-state index in [0.29, 0.717) is 11.5 Å². The average molecular weight is 201 g/mol. The molecule has 1 aromatic rings. The minimum Gasteiger partial charge on any atom is -0.381 e. The molecule has 0 saturated carbocycles. The van der Waals surface area contributed by atoms with E-state index < -0.39 is 10.2 Å². The monoisotopic (exact) mass is 201 g/mol. The van der Waals surface area contributed by atoms with Gasteiger partial charge in [-0.25, -0.2) is 9.71 Å². The Labute approximate surface area is 74.3 Å². The van der Waals surface area contributed by atoms with Crippen LogP contribution in [0.1, 0.15) is 11.5 Å². The van der Waals surface area contributed by atoms with E-state index in [0.717, 1.165) is 0 Å². The molecular formula is C5H7N5O2S. The van der Waals surface area contributed by atoms with Gasteiger partial charge in [-0.05, 0) is 6.92 Å². The lowest BCUT2D eigenvalue weighted by Gasteiger charge is -2.08. The van der Waals surface area contributed by atoms with Crippen LogP contribution in [0.3, 0.4) is 0 Å². The van der Waals surface area contributed by atoms with Gasteiger partial charge in [-0.2, -0.15) is 8.42 Å². The summed E-state index contributed by atoms with van der Waals surface area (Å²) >= 11 is 0. The summed E-state index contributed by atoms with van der Waals surface area (Å²) in [4.78, 5) is 6.68. The lowest BCUT2D eigenvalue weighted by atomic mass is 10.4. The highest BCUT2D eigenvalue weighted by Gasteiger charge is 2.23. The number of nitrogens with one attached hydrogen (secondary N) is 2. The number of nitrogens with two attached hydrogens (primary N) is 1. The van der Waals surface area contributed by atoms with Crippen LogP contribution in [0.25, 0.3) is 0 Å². The number of fused-ring (bicyclic) bond motifs is 1. The largest absolute Gasteiger partial charge is 0.381 e. The summed E-state index contributed by atoms with van der Waals surface area (Å²) in [6.45, 7) is 1.69. The normalized spacial score (nSPS) is 18.7. The summed E-state index contributed by atoms with van der Waals surface area (Å²) in [6, 6.07) is 0. The van der Waals surface area contributed by atoms with Crippen LogP contribution < -0.4 is 10.5 Å². The van der Waals surface area contributed by atoms with E-state index in [1.54, 1.807) is 6.92 Å². The Morgan fingerprint density at radius 3 is 2.85 bits per heavy atom. The molecule has 0 amide bonds. The highest BCUT2D eigenvalue weighted by atomic mass is 32.2. The number of hydrogen-bond donors (Lipinski definition) is 3. The van der Waals surface area contributed by atoms with Crippen molar-refractivity contribution in [2.24, 2.45) is 10.1 Å². The lowest BCUT2D eigenvalue weighted by Crippen LogP contribution is -2.26. The smallest absolute Gasteiger partial charge is 0.345 e. The molecule has 0 atom stereocenters. The van der Waals surface area contributed by atoms with E-state index in [4.69, 9.17) is 5.73 Å². The summed E-state index contributed by atoms with van der Waals surface area (Å²) in [6.07, 6.45) is 0. The molecule has 1 aliphatic rings. The van der Waals surface area contributed by atoms with Gasteiger partial charge in [0, 0.05) is 0 Å². The van der Waals surface area contributed by atoms with E-state index in [-0.39, 0.29) is 11.7 Å². The Hall–Kier alpha value is -1.57. The van der Waals surface area contributed by atoms with Crippen molar-refractivity contribution in [1.82, 2.24) is 9.97 Å². The van der Waals surface area contributed by atoms with Crippen LogP contribution in [-0.4, -0.2) is 24.2 Å². The minimum absolute atomic E-state index is 0.0747. The Bertz CT molecular complexity index is 485. The van der Waals surface area contributed by atoms with Gasteiger partial charge in [0.2, 0.25) is 0 Å². The Kier molecular flexibility index (Phi) is 1.38. The Morgan fingerprint density at radius 2 is 2.15 bits per heavy atom. The number of anilines is 1. The van der Waals surface area contributed by atoms with Gasteiger partial charge in [-0.1, -0.05) is 0 Å². The van der Waals surface area contributed by atoms with E-state index in [9.17, 15) is 8.42 Å². The van der Waals surface area contributed by atoms with Crippen molar-refractivity contribution in [1.29, 1.82) is 0 Å². The lowest BCUT2D eigenvalue weighted by molar-refractivity contribution is 0.602. The molecule has 8 heteroatoms. The average Bonchev–Trinajstić information content (AvgIpc) is 2.27. The number of H-pyrrole nitrogens is 1. The number of nitrogens with zero attached hydrogens (tertiary/aromatic N) is 2. The first-order valence-electron chi connectivity index (χ1n) is 3.43. The number of amidine groups is 1. The molecule has 4 N–H and O–H groups in total. The van der Waals surface area contributed by atoms with Crippen molar-refractivity contribution >= 4 is 21.9 Å². The van der Waals surface area contributed by atoms with Crippen LogP contribution in [-0.2, 0) is 10.2 Å². The van der Waals surface area contributed by atoms with Crippen LogP contribution in [0.2, 0.25) is 0 Å². The zero-order valence-electron chi connectivity index (χ0n) is 6.70. The molecule has 0 spiro atoms. The third kappa shape index (κ3) is 1.24. The first-order valence-corrected chi connectivity index (χ1v) is 4.87. The molecule has 0 saturated heterocycles. The van der Waals surface area contributed by atoms with Crippen molar-refractivity contribution in [3.05, 3.63) is 11.5 Å². The highest BCUT2D eigenvalue weighted by Crippen LogP contribution is 2.18. The summed E-state index contributed by atoms with van der Waals surface area (Å²) in [5, 5.41) is 0. The molecule has 0 unspecified atom stereocenters. The van der Waals surface area contributed by atoms with Crippen LogP contribution in [0, 0.1) is 6.92 Å². The molecule has 0 aliphatic carbocycles. The second kappa shape index (κ2) is 2.22. The van der Waals surface area contributed by atoms with E-state index in [2.05, 4.69) is 19.1 Å². The fourth-order valence-electron chi connectivity index (χ4n) is 1.07. The van der Waals surface area contributed by atoms with Gasteiger partial charge in [-0.15, -0.1) is 4.40 Å². The van der Waals surface area contributed by atoms with E-state index in [1.165, 1.54) is 0 Å². The zero-order valence-corrected chi connectivity index (χ0v) is 7.51. The maximum Gasteiger partial charge on any atom is 0.345 e. The van der Waals surface area contributed by atoms with Gasteiger partial charge in [0.25, 0.3) is 0 Å². The molecule has 1 aliphatic heterocycles. The molecule has 1 aromatic heterocycles. The van der Waals surface area contributed by atoms with Gasteiger partial charge >= 0.3 is 10.2 Å². The number of aromatic nitrogens is 2. The predicted octanol–water partition coefficient (Wildman–Crippen LogP) is -0.906. The Morgan fingerprint density at radius 1 is 1.46 bits per heavy atom. The molecule has 70 valence electrons. The predicted molar refractivity (Wildman–Crippen MR) is 46.6 cm³/mol. The van der Waals surface area contributed by atoms with Crippen molar-refractivity contribution < 1.29 is 8.42 Å². The van der Waals surface area contributed by atoms with Gasteiger partial charge in [0.1, 0.15) is 11.5 Å². The maximum absolute atomic E-state index is 11.0. The standard InChI is InChI=1S/C5H7N5O2S/c1-2-7-3-4(6)9-13(11,12)10-5(3)8-2/h10H,1H3,(H2,6,9)(H,7,8). The van der Waals surface area contributed by atoms with Crippen LogP contribution >= 0.6 is 0 Å². The van der Waals surface area contributed by atoms with Crippen molar-refractivity contribution in [3.8, 4) is 0 Å². The van der Waals surface area contributed by atoms with Gasteiger partial charge < -0.3 is 10.7 Å². The molecule has 13 heavy (non-hydrogen) atoms. The van der Waals surface area contributed by atoms with Crippen molar-refractivity contribution in [3.63, 3.8) is 0 Å². The molecule has 0 bridgehead atoms. The minimum atomic E-state index is -3.70. The third-order valence-corrected chi connectivity index (χ3v) is 2.41. The second-order valence-corrected chi connectivity index (χ2v) is 3.94. The number of aromatic amines is 1. The molecular weight excluding hydrogens is 194 g/mol. The fraction of sp³-hybridized carbons (Fsp3) is 0.200. The van der Waals surface area contributed by atoms with Crippen molar-refractivity contribution in [2.45, 2.75) is 6.92 Å². The molecule has 0 radical (unpaired) electrons. The summed E-state index contributed by atoms with van der Waals surface area (Å²) in [7, 11) is -3.70. The summed E-state index contributed by atoms with van der Waals surface area (Å²) < 4.78 is 27.4. The molecule has 0 fully saturated rings. The molecule has 2 heterocycles. The highest BCUT2D eigenvalue weighted by molar-refractivity contribution is 7.91. The number of aryl methyl sites for hydroxylation is 1. The van der Waals surface area contributed by atoms with Gasteiger partial charge in [0.15, 0.2) is 11.7 Å². The number of rotatable bonds is 0. The zero-order chi connectivity index (χ0) is 9.64. The molecule has 2 rings (SSSR count). The van der Waals surface area contributed by atoms with Crippen LogP contribution in [0.4, 0.5) is 5.82 Å². The quantitative estimate of drug-likeness (QED) is 0.504. The molecule has 0 aromatic carbocycles. The number of imidazole rings is 1. The SMILES string of the molecule is Cc1nc2c([nH]1)C(N)=NS(=O)(=O)N2. The topological polar surface area (TPSA) is 113 Å². The number of hydrogen-bond acceptors (Lipinski definition) is 4. The summed E-state index contributed by atoms with van der Waals surface area (Å²) in [5.74, 6) is 0.701. The van der Waals surface area contributed by atoms with Crippen molar-refractivity contribution in [2.75, 3.05) is 4.72 Å². The first kappa shape index (κ1) is 8.05. The third-order valence-electron chi connectivity index (χ3n) is 1.52.